The van der Waals surface area contributed by atoms with Crippen LogP contribution in [0, 0.1) is 10.1 Å². The molecule has 35 heavy (non-hydrogen) atoms. The molecular weight excluding hydrogens is 524 g/mol. The monoisotopic (exact) mass is 540 g/mol. The summed E-state index contributed by atoms with van der Waals surface area (Å²) < 4.78 is 11.4. The maximum Gasteiger partial charge on any atom is 0.343 e. The molecule has 178 valence electrons. The Bertz CT molecular complexity index is 1290. The Kier molecular flexibility index (Phi) is 8.24. The minimum Gasteiger partial charge on any atom is -0.493 e. The molecule has 0 aliphatic rings. The van der Waals surface area contributed by atoms with E-state index in [0.29, 0.717) is 11.3 Å². The number of hydrazone groups is 1. The highest BCUT2D eigenvalue weighted by Gasteiger charge is 2.15. The zero-order valence-corrected chi connectivity index (χ0v) is 19.6. The number of anilines is 1. The number of halogens is 1. The van der Waals surface area contributed by atoms with Crippen LogP contribution in [0.15, 0.2) is 76.3 Å². The van der Waals surface area contributed by atoms with Gasteiger partial charge in [0.2, 0.25) is 0 Å². The molecule has 2 N–H and O–H groups in total. The molecule has 0 aromatic heterocycles. The molecule has 3 rings (SSSR count). The summed E-state index contributed by atoms with van der Waals surface area (Å²) in [5.74, 6) is -2.29. The first kappa shape index (κ1) is 25.1. The molecule has 3 aromatic carbocycles. The number of nitrogens with one attached hydrogen (secondary N) is 2. The van der Waals surface area contributed by atoms with E-state index in [4.69, 9.17) is 9.47 Å². The lowest BCUT2D eigenvalue weighted by Gasteiger charge is -2.10. The van der Waals surface area contributed by atoms with E-state index in [9.17, 15) is 24.5 Å². The molecule has 12 heteroatoms. The van der Waals surface area contributed by atoms with Gasteiger partial charge < -0.3 is 14.8 Å². The normalized spacial score (nSPS) is 10.5. The minimum atomic E-state index is -0.968. The van der Waals surface area contributed by atoms with Crippen molar-refractivity contribution in [3.05, 3.63) is 92.4 Å². The third-order valence-corrected chi connectivity index (χ3v) is 4.92. The summed E-state index contributed by atoms with van der Waals surface area (Å²) in [6.45, 7) is 0. The van der Waals surface area contributed by atoms with E-state index in [1.54, 1.807) is 30.3 Å². The Balaban J connectivity index is 1.60. The summed E-state index contributed by atoms with van der Waals surface area (Å²) in [6, 6.07) is 16.1. The summed E-state index contributed by atoms with van der Waals surface area (Å²) in [6.07, 6.45) is 1.27. The van der Waals surface area contributed by atoms with Crippen molar-refractivity contribution < 1.29 is 28.8 Å². The molecule has 0 radical (unpaired) electrons. The number of nitrogens with zero attached hydrogens (tertiary/aromatic N) is 2. The van der Waals surface area contributed by atoms with Crippen molar-refractivity contribution in [3.8, 4) is 11.5 Å². The summed E-state index contributed by atoms with van der Waals surface area (Å²) in [5.41, 5.74) is 3.00. The topological polar surface area (TPSA) is 149 Å². The second-order valence-electron chi connectivity index (χ2n) is 6.76. The molecule has 0 bridgehead atoms. The molecule has 0 saturated carbocycles. The molecule has 0 spiro atoms. The predicted octanol–water partition coefficient (Wildman–Crippen LogP) is 3.67. The first-order valence-corrected chi connectivity index (χ1v) is 10.6. The van der Waals surface area contributed by atoms with Gasteiger partial charge in [-0.3, -0.25) is 19.7 Å². The Morgan fingerprint density at radius 2 is 1.66 bits per heavy atom. The van der Waals surface area contributed by atoms with E-state index in [2.05, 4.69) is 31.8 Å². The molecule has 0 atom stereocenters. The van der Waals surface area contributed by atoms with Gasteiger partial charge in [-0.05, 0) is 60.2 Å². The van der Waals surface area contributed by atoms with Gasteiger partial charge >= 0.3 is 17.8 Å². The first-order chi connectivity index (χ1) is 16.8. The molecule has 11 nitrogen and oxygen atoms in total. The van der Waals surface area contributed by atoms with Crippen molar-refractivity contribution in [1.29, 1.82) is 0 Å². The molecule has 2 amide bonds. The number of hydrogen-bond acceptors (Lipinski definition) is 8. The lowest BCUT2D eigenvalue weighted by Crippen LogP contribution is -2.32. The van der Waals surface area contributed by atoms with Gasteiger partial charge in [0, 0.05) is 22.3 Å². The summed E-state index contributed by atoms with van der Waals surface area (Å²) >= 11 is 3.28. The number of nitro benzene ring substituents is 1. The average molecular weight is 541 g/mol. The molecule has 0 fully saturated rings. The Labute approximate surface area is 207 Å². The number of amides is 2. The summed E-state index contributed by atoms with van der Waals surface area (Å²) in [5, 5.41) is 16.9. The van der Waals surface area contributed by atoms with Crippen LogP contribution in [0.25, 0.3) is 0 Å². The predicted molar refractivity (Wildman–Crippen MR) is 130 cm³/mol. The van der Waals surface area contributed by atoms with E-state index in [-0.39, 0.29) is 22.7 Å². The highest BCUT2D eigenvalue weighted by Crippen LogP contribution is 2.28. The van der Waals surface area contributed by atoms with E-state index in [1.165, 1.54) is 49.7 Å². The van der Waals surface area contributed by atoms with Crippen LogP contribution in [-0.4, -0.2) is 36.0 Å². The number of esters is 1. The maximum atomic E-state index is 12.3. The average Bonchev–Trinajstić information content (AvgIpc) is 2.86. The lowest BCUT2D eigenvalue weighted by atomic mass is 10.2. The summed E-state index contributed by atoms with van der Waals surface area (Å²) in [4.78, 5) is 46.4. The molecule has 0 aliphatic carbocycles. The van der Waals surface area contributed by atoms with Crippen LogP contribution in [0.5, 0.6) is 11.5 Å². The van der Waals surface area contributed by atoms with Crippen LogP contribution in [-0.2, 0) is 9.59 Å². The fourth-order valence-electron chi connectivity index (χ4n) is 2.66. The highest BCUT2D eigenvalue weighted by molar-refractivity contribution is 9.10. The molecule has 0 saturated heterocycles. The number of carbonyl (C=O) groups is 3. The first-order valence-electron chi connectivity index (χ1n) is 9.81. The molecular formula is C23H17BrN4O7. The number of carbonyl (C=O) groups excluding carboxylic acids is 3. The third-order valence-electron chi connectivity index (χ3n) is 4.39. The van der Waals surface area contributed by atoms with Gasteiger partial charge in [-0.15, -0.1) is 0 Å². The van der Waals surface area contributed by atoms with Crippen LogP contribution in [0.1, 0.15) is 15.9 Å². The van der Waals surface area contributed by atoms with Gasteiger partial charge in [0.25, 0.3) is 5.69 Å². The number of rotatable bonds is 7. The van der Waals surface area contributed by atoms with E-state index in [1.807, 2.05) is 0 Å². The Morgan fingerprint density at radius 1 is 0.971 bits per heavy atom. The number of ether oxygens (including phenoxy) is 2. The van der Waals surface area contributed by atoms with Crippen LogP contribution in [0.4, 0.5) is 11.4 Å². The van der Waals surface area contributed by atoms with Gasteiger partial charge in [-0.1, -0.05) is 15.9 Å². The second kappa shape index (κ2) is 11.5. The second-order valence-corrected chi connectivity index (χ2v) is 7.68. The fourth-order valence-corrected chi connectivity index (χ4v) is 2.93. The van der Waals surface area contributed by atoms with Gasteiger partial charge in [-0.25, -0.2) is 10.2 Å². The van der Waals surface area contributed by atoms with Crippen LogP contribution in [0.3, 0.4) is 0 Å². The van der Waals surface area contributed by atoms with Crippen LogP contribution < -0.4 is 20.2 Å². The van der Waals surface area contributed by atoms with Crippen molar-refractivity contribution in [2.24, 2.45) is 5.10 Å². The quantitative estimate of drug-likeness (QED) is 0.116. The number of methoxy groups -OCH3 is 1. The zero-order chi connectivity index (χ0) is 25.4. The number of hydrogen-bond donors (Lipinski definition) is 2. The molecule has 3 aromatic rings. The maximum absolute atomic E-state index is 12.3. The van der Waals surface area contributed by atoms with Crippen LogP contribution in [0.2, 0.25) is 0 Å². The van der Waals surface area contributed by atoms with Gasteiger partial charge in [0.15, 0.2) is 11.5 Å². The number of non-ortho nitro benzene ring substituents is 1. The van der Waals surface area contributed by atoms with E-state index in [0.717, 1.165) is 4.47 Å². The number of nitro groups is 1. The fraction of sp³-hybridized carbons (Fsp3) is 0.0435. The largest absolute Gasteiger partial charge is 0.493 e. The van der Waals surface area contributed by atoms with Gasteiger partial charge in [0.1, 0.15) is 0 Å². The highest BCUT2D eigenvalue weighted by atomic mass is 79.9. The van der Waals surface area contributed by atoms with Crippen molar-refractivity contribution in [3.63, 3.8) is 0 Å². The van der Waals surface area contributed by atoms with Crippen molar-refractivity contribution >= 4 is 51.3 Å². The SMILES string of the molecule is COc1cc(C=NNC(=O)C(=O)Nc2ccc(Br)cc2)ccc1OC(=O)c1ccc([N+](=O)[O-])cc1. The van der Waals surface area contributed by atoms with Crippen molar-refractivity contribution in [2.75, 3.05) is 12.4 Å². The zero-order valence-electron chi connectivity index (χ0n) is 18.1. The lowest BCUT2D eigenvalue weighted by molar-refractivity contribution is -0.384. The smallest absolute Gasteiger partial charge is 0.343 e. The third kappa shape index (κ3) is 6.95. The molecule has 0 aliphatic heterocycles. The Morgan fingerprint density at radius 3 is 2.29 bits per heavy atom. The van der Waals surface area contributed by atoms with E-state index >= 15 is 0 Å². The van der Waals surface area contributed by atoms with Crippen LogP contribution >= 0.6 is 15.9 Å². The number of benzene rings is 3. The van der Waals surface area contributed by atoms with Gasteiger partial charge in [-0.2, -0.15) is 5.10 Å². The molecule has 0 unspecified atom stereocenters. The Hall–Kier alpha value is -4.58. The van der Waals surface area contributed by atoms with Crippen molar-refractivity contribution in [2.45, 2.75) is 0 Å². The standard InChI is InChI=1S/C23H17BrN4O7/c1-34-20-12-14(13-25-27-22(30)21(29)26-17-7-5-16(24)6-8-17)2-11-19(20)35-23(31)15-3-9-18(10-4-15)28(32)33/h2-13H,1H3,(H,26,29)(H,27,30). The van der Waals surface area contributed by atoms with Gasteiger partial charge in [0.05, 0.1) is 23.8 Å². The molecule has 0 heterocycles. The minimum absolute atomic E-state index is 0.103. The van der Waals surface area contributed by atoms with E-state index < -0.39 is 22.7 Å². The summed E-state index contributed by atoms with van der Waals surface area (Å²) in [7, 11) is 1.37. The van der Waals surface area contributed by atoms with Crippen molar-refractivity contribution in [1.82, 2.24) is 5.43 Å².